The third-order valence-electron chi connectivity index (χ3n) is 7.12. The molecule has 0 saturated carbocycles. The van der Waals surface area contributed by atoms with Gasteiger partial charge in [-0.1, -0.05) is 86.5 Å². The van der Waals surface area contributed by atoms with E-state index < -0.39 is 16.1 Å². The Bertz CT molecular complexity index is 789. The molecular formula is C24H40OSi2. The number of aryl methyl sites for hydroxylation is 1. The molecule has 0 fully saturated rings. The number of ether oxygens (including phenoxy) is 1. The number of hydrogen-bond acceptors (Lipinski definition) is 1. The lowest BCUT2D eigenvalue weighted by atomic mass is 10.1. The van der Waals surface area contributed by atoms with Crippen LogP contribution in [0.3, 0.4) is 0 Å². The minimum Gasteiger partial charge on any atom is -0.497 e. The largest absolute Gasteiger partial charge is 0.497 e. The lowest BCUT2D eigenvalue weighted by Gasteiger charge is -2.38. The van der Waals surface area contributed by atoms with Gasteiger partial charge in [0, 0.05) is 0 Å². The van der Waals surface area contributed by atoms with Crippen molar-refractivity contribution in [2.24, 2.45) is 5.92 Å². The highest BCUT2D eigenvalue weighted by Crippen LogP contribution is 2.44. The van der Waals surface area contributed by atoms with E-state index >= 15 is 0 Å². The van der Waals surface area contributed by atoms with Crippen LogP contribution in [0, 0.1) is 12.8 Å². The average molecular weight is 401 g/mol. The van der Waals surface area contributed by atoms with Gasteiger partial charge in [-0.15, -0.1) is 0 Å². The van der Waals surface area contributed by atoms with Gasteiger partial charge in [-0.3, -0.25) is 0 Å². The molecule has 0 N–H and O–H groups in total. The van der Waals surface area contributed by atoms with Crippen LogP contribution in [0.25, 0.3) is 0 Å². The quantitative estimate of drug-likeness (QED) is 0.525. The first-order chi connectivity index (χ1) is 12.5. The molecule has 0 radical (unpaired) electrons. The Morgan fingerprint density at radius 3 is 1.78 bits per heavy atom. The number of methoxy groups -OCH3 is 1. The molecule has 0 spiro atoms. The van der Waals surface area contributed by atoms with Crippen LogP contribution in [-0.4, -0.2) is 23.3 Å². The van der Waals surface area contributed by atoms with Crippen molar-refractivity contribution in [2.45, 2.75) is 80.2 Å². The molecule has 0 aliphatic heterocycles. The standard InChI is InChI=1S/C24H40OSi2/c1-12-27(13-2,24-19(6)17(4)18(5)20(24)7)22-15-16(3)14-21(23(22)25-8)26(9,10)11/h14-15,19H,12-13H2,1-11H3. The minimum atomic E-state index is -1.87. The van der Waals surface area contributed by atoms with Crippen molar-refractivity contribution < 1.29 is 4.74 Å². The lowest BCUT2D eigenvalue weighted by Crippen LogP contribution is -2.54. The Morgan fingerprint density at radius 1 is 0.889 bits per heavy atom. The van der Waals surface area contributed by atoms with E-state index in [0.717, 1.165) is 0 Å². The van der Waals surface area contributed by atoms with Crippen LogP contribution in [0.2, 0.25) is 31.7 Å². The second-order valence-corrected chi connectivity index (χ2v) is 19.2. The fourth-order valence-electron chi connectivity index (χ4n) is 5.20. The zero-order chi connectivity index (χ0) is 20.7. The lowest BCUT2D eigenvalue weighted by molar-refractivity contribution is 0.420. The molecule has 0 heterocycles. The smallest absolute Gasteiger partial charge is 0.118 e. The maximum atomic E-state index is 6.18. The molecule has 1 nitrogen and oxygen atoms in total. The van der Waals surface area contributed by atoms with E-state index in [2.05, 4.69) is 80.2 Å². The Labute approximate surface area is 169 Å². The molecule has 1 unspecified atom stereocenters. The van der Waals surface area contributed by atoms with Crippen molar-refractivity contribution in [1.82, 2.24) is 0 Å². The predicted molar refractivity (Wildman–Crippen MR) is 127 cm³/mol. The molecule has 1 aliphatic carbocycles. The van der Waals surface area contributed by atoms with Gasteiger partial charge < -0.3 is 4.74 Å². The predicted octanol–water partition coefficient (Wildman–Crippen LogP) is 6.09. The van der Waals surface area contributed by atoms with Crippen LogP contribution in [0.5, 0.6) is 5.75 Å². The highest BCUT2D eigenvalue weighted by atomic mass is 28.3. The van der Waals surface area contributed by atoms with E-state index in [-0.39, 0.29) is 0 Å². The van der Waals surface area contributed by atoms with Gasteiger partial charge in [0.1, 0.15) is 13.8 Å². The van der Waals surface area contributed by atoms with Gasteiger partial charge in [-0.2, -0.15) is 0 Å². The third kappa shape index (κ3) is 3.53. The normalized spacial score (nSPS) is 18.6. The molecule has 0 amide bonds. The molecule has 0 aromatic heterocycles. The molecule has 1 aromatic rings. The number of benzene rings is 1. The Hall–Kier alpha value is -1.07. The van der Waals surface area contributed by atoms with Gasteiger partial charge in [0.2, 0.25) is 0 Å². The summed E-state index contributed by atoms with van der Waals surface area (Å²) < 4.78 is 6.18. The second kappa shape index (κ2) is 7.75. The molecule has 1 atom stereocenters. The summed E-state index contributed by atoms with van der Waals surface area (Å²) in [5, 5.41) is 4.80. The van der Waals surface area contributed by atoms with E-state index in [9.17, 15) is 0 Å². The van der Waals surface area contributed by atoms with Crippen LogP contribution in [-0.2, 0) is 0 Å². The topological polar surface area (TPSA) is 9.23 Å². The minimum absolute atomic E-state index is 0.567. The van der Waals surface area contributed by atoms with Crippen LogP contribution in [0.15, 0.2) is 34.0 Å². The summed E-state index contributed by atoms with van der Waals surface area (Å²) in [4.78, 5) is 0. The Balaban J connectivity index is 2.89. The zero-order valence-corrected chi connectivity index (χ0v) is 21.6. The van der Waals surface area contributed by atoms with Crippen molar-refractivity contribution in [3.8, 4) is 5.75 Å². The van der Waals surface area contributed by atoms with Crippen molar-refractivity contribution in [3.63, 3.8) is 0 Å². The molecule has 27 heavy (non-hydrogen) atoms. The van der Waals surface area contributed by atoms with Gasteiger partial charge in [0.25, 0.3) is 0 Å². The molecule has 1 aromatic carbocycles. The van der Waals surface area contributed by atoms with E-state index in [4.69, 9.17) is 4.74 Å². The first kappa shape index (κ1) is 22.2. The summed E-state index contributed by atoms with van der Waals surface area (Å²) in [5.41, 5.74) is 6.05. The third-order valence-corrected chi connectivity index (χ3v) is 14.8. The van der Waals surface area contributed by atoms with Gasteiger partial charge in [0.15, 0.2) is 0 Å². The highest BCUT2D eigenvalue weighted by molar-refractivity contribution is 6.99. The molecule has 3 heteroatoms. The summed E-state index contributed by atoms with van der Waals surface area (Å²) in [6.45, 7) is 23.9. The summed E-state index contributed by atoms with van der Waals surface area (Å²) >= 11 is 0. The molecular weight excluding hydrogens is 360 g/mol. The fourth-order valence-corrected chi connectivity index (χ4v) is 12.3. The summed E-state index contributed by atoms with van der Waals surface area (Å²) in [6.07, 6.45) is 0. The molecule has 150 valence electrons. The SMILES string of the molecule is CC[Si](CC)(C1=C(C)C(C)=C(C)C1C)c1cc(C)cc([Si](C)(C)C)c1OC. The molecule has 2 rings (SSSR count). The van der Waals surface area contributed by atoms with Crippen LogP contribution >= 0.6 is 0 Å². The van der Waals surface area contributed by atoms with E-state index in [1.54, 1.807) is 21.5 Å². The molecule has 1 aliphatic rings. The monoisotopic (exact) mass is 400 g/mol. The van der Waals surface area contributed by atoms with Crippen LogP contribution in [0.1, 0.15) is 47.1 Å². The van der Waals surface area contributed by atoms with Crippen molar-refractivity contribution >= 4 is 26.5 Å². The Kier molecular flexibility index (Phi) is 6.38. The van der Waals surface area contributed by atoms with Gasteiger partial charge in [-0.25, -0.2) is 0 Å². The maximum absolute atomic E-state index is 6.18. The van der Waals surface area contributed by atoms with Gasteiger partial charge >= 0.3 is 0 Å². The average Bonchev–Trinajstić information content (AvgIpc) is 2.80. The molecule has 0 saturated heterocycles. The Morgan fingerprint density at radius 2 is 1.41 bits per heavy atom. The first-order valence-corrected chi connectivity index (χ1v) is 16.5. The van der Waals surface area contributed by atoms with Crippen LogP contribution < -0.4 is 15.1 Å². The van der Waals surface area contributed by atoms with Gasteiger partial charge in [0.05, 0.1) is 15.2 Å². The van der Waals surface area contributed by atoms with E-state index in [1.807, 2.05) is 7.11 Å². The number of hydrogen-bond donors (Lipinski definition) is 0. The zero-order valence-electron chi connectivity index (χ0n) is 19.6. The van der Waals surface area contributed by atoms with Crippen LogP contribution in [0.4, 0.5) is 0 Å². The van der Waals surface area contributed by atoms with Crippen molar-refractivity contribution in [2.75, 3.05) is 7.11 Å². The number of rotatable bonds is 6. The van der Waals surface area contributed by atoms with E-state index in [1.165, 1.54) is 34.2 Å². The van der Waals surface area contributed by atoms with Crippen molar-refractivity contribution in [3.05, 3.63) is 39.6 Å². The summed E-state index contributed by atoms with van der Waals surface area (Å²) in [7, 11) is -1.48. The number of allylic oxidation sites excluding steroid dienone is 4. The van der Waals surface area contributed by atoms with E-state index in [0.29, 0.717) is 5.92 Å². The molecule has 0 bridgehead atoms. The van der Waals surface area contributed by atoms with Crippen molar-refractivity contribution in [1.29, 1.82) is 0 Å². The summed E-state index contributed by atoms with van der Waals surface area (Å²) in [5.74, 6) is 1.78. The van der Waals surface area contributed by atoms with Gasteiger partial charge in [-0.05, 0) is 49.6 Å². The first-order valence-electron chi connectivity index (χ1n) is 10.5. The second-order valence-electron chi connectivity index (χ2n) is 9.50. The highest BCUT2D eigenvalue weighted by Gasteiger charge is 2.44. The fraction of sp³-hybridized carbons (Fsp3) is 0.583. The maximum Gasteiger partial charge on any atom is 0.118 e. The summed E-state index contributed by atoms with van der Waals surface area (Å²) in [6, 6.07) is 7.35.